The number of hydrogen-bond acceptors (Lipinski definition) is 5. The Labute approximate surface area is 158 Å². The Morgan fingerprint density at radius 3 is 2.74 bits per heavy atom. The van der Waals surface area contributed by atoms with Crippen LogP contribution in [0.5, 0.6) is 0 Å². The maximum absolute atomic E-state index is 13.1. The van der Waals surface area contributed by atoms with Crippen molar-refractivity contribution in [2.75, 3.05) is 5.32 Å². The van der Waals surface area contributed by atoms with Crippen molar-refractivity contribution in [1.29, 1.82) is 0 Å². The second-order valence-electron chi connectivity index (χ2n) is 5.65. The van der Waals surface area contributed by atoms with Gasteiger partial charge in [-0.3, -0.25) is 0 Å². The van der Waals surface area contributed by atoms with Crippen molar-refractivity contribution in [3.63, 3.8) is 0 Å². The molecule has 0 saturated heterocycles. The number of rotatable bonds is 4. The fraction of sp³-hybridized carbons (Fsp3) is 0.0500. The second-order valence-corrected chi connectivity index (χ2v) is 6.57. The lowest BCUT2D eigenvalue weighted by atomic mass is 10.2. The summed E-state index contributed by atoms with van der Waals surface area (Å²) in [5, 5.41) is 14.4. The van der Waals surface area contributed by atoms with Gasteiger partial charge in [0.1, 0.15) is 5.82 Å². The molecule has 5 nitrogen and oxygen atoms in total. The van der Waals surface area contributed by atoms with Gasteiger partial charge in [0.2, 0.25) is 11.6 Å². The lowest BCUT2D eigenvalue weighted by molar-refractivity contribution is 0.553. The van der Waals surface area contributed by atoms with Crippen LogP contribution >= 0.6 is 11.3 Å². The molecule has 2 aromatic heterocycles. The highest BCUT2D eigenvalue weighted by Crippen LogP contribution is 2.37. The summed E-state index contributed by atoms with van der Waals surface area (Å²) in [6.07, 6.45) is 1.84. The Balaban J connectivity index is 1.66. The number of anilines is 1. The van der Waals surface area contributed by atoms with E-state index >= 15 is 0 Å². The Hall–Kier alpha value is -3.50. The van der Waals surface area contributed by atoms with Crippen molar-refractivity contribution in [3.8, 4) is 11.5 Å². The van der Waals surface area contributed by atoms with E-state index in [-0.39, 0.29) is 5.82 Å². The minimum atomic E-state index is -0.322. The molecule has 0 atom stereocenters. The summed E-state index contributed by atoms with van der Waals surface area (Å²) in [5.41, 5.74) is 2.78. The fourth-order valence-electron chi connectivity index (χ4n) is 2.68. The van der Waals surface area contributed by atoms with E-state index in [2.05, 4.69) is 20.4 Å². The van der Waals surface area contributed by atoms with Gasteiger partial charge >= 0.3 is 0 Å². The molecule has 1 N–H and O–H groups in total. The summed E-state index contributed by atoms with van der Waals surface area (Å²) < 4.78 is 19.8. The lowest BCUT2D eigenvalue weighted by Crippen LogP contribution is -1.99. The van der Waals surface area contributed by atoms with Gasteiger partial charge in [-0.15, -0.1) is 10.2 Å². The van der Waals surface area contributed by atoms with E-state index in [1.165, 1.54) is 23.5 Å². The quantitative estimate of drug-likeness (QED) is 0.436. The van der Waals surface area contributed by atoms with Gasteiger partial charge in [-0.1, -0.05) is 12.1 Å². The molecule has 0 spiro atoms. The van der Waals surface area contributed by atoms with Crippen LogP contribution in [-0.2, 0) is 0 Å². The number of thiophene rings is 1. The van der Waals surface area contributed by atoms with Gasteiger partial charge in [-0.25, -0.2) is 9.24 Å². The number of benzene rings is 2. The van der Waals surface area contributed by atoms with Gasteiger partial charge in [0.05, 0.1) is 12.3 Å². The predicted octanol–water partition coefficient (Wildman–Crippen LogP) is 6.11. The number of hydrogen-bond donors (Lipinski definition) is 1. The largest absolute Gasteiger partial charge is 0.415 e. The van der Waals surface area contributed by atoms with E-state index in [0.717, 1.165) is 15.8 Å². The molecule has 0 fully saturated rings. The third kappa shape index (κ3) is 3.18. The molecule has 0 aliphatic heterocycles. The van der Waals surface area contributed by atoms with Gasteiger partial charge in [0.15, 0.2) is 0 Å². The average molecular weight is 376 g/mol. The van der Waals surface area contributed by atoms with Crippen molar-refractivity contribution >= 4 is 38.5 Å². The highest BCUT2D eigenvalue weighted by atomic mass is 32.1. The Kier molecular flexibility index (Phi) is 4.40. The normalized spacial score (nSPS) is 11.5. The number of fused-ring (bicyclic) bond motifs is 1. The fourth-order valence-corrected chi connectivity index (χ4v) is 3.56. The molecule has 132 valence electrons. The molecule has 27 heavy (non-hydrogen) atoms. The smallest absolute Gasteiger partial charge is 0.264 e. The van der Waals surface area contributed by atoms with Crippen LogP contribution in [0.4, 0.5) is 15.8 Å². The SMILES string of the molecule is [C-]#[N+]c1ccc(NC(=CC)c2nnc(-c3ccc(F)cc3)o2)c2ccsc12. The summed E-state index contributed by atoms with van der Waals surface area (Å²) >= 11 is 1.53. The standard InChI is InChI=1S/C20H13FN4OS/c1-3-15(20-25-24-19(26-20)12-4-6-13(21)7-5-12)23-16-8-9-17(22-2)18-14(16)10-11-27-18/h3-11,23H,1H3. The molecule has 0 aliphatic carbocycles. The maximum atomic E-state index is 13.1. The zero-order valence-electron chi connectivity index (χ0n) is 14.2. The molecular weight excluding hydrogens is 363 g/mol. The number of nitrogens with one attached hydrogen (secondary N) is 1. The minimum absolute atomic E-state index is 0.315. The molecule has 0 aliphatic rings. The highest BCUT2D eigenvalue weighted by molar-refractivity contribution is 7.18. The van der Waals surface area contributed by atoms with Crippen molar-refractivity contribution in [2.45, 2.75) is 6.92 Å². The van der Waals surface area contributed by atoms with Crippen LogP contribution in [0.15, 0.2) is 58.3 Å². The highest BCUT2D eigenvalue weighted by Gasteiger charge is 2.14. The monoisotopic (exact) mass is 376 g/mol. The first-order chi connectivity index (χ1) is 13.2. The van der Waals surface area contributed by atoms with E-state index in [9.17, 15) is 4.39 Å². The Morgan fingerprint density at radius 1 is 1.19 bits per heavy atom. The number of allylic oxidation sites excluding steroid dienone is 1. The lowest BCUT2D eigenvalue weighted by Gasteiger charge is -2.09. The molecule has 4 aromatic rings. The third-order valence-electron chi connectivity index (χ3n) is 4.02. The van der Waals surface area contributed by atoms with Crippen molar-refractivity contribution in [2.24, 2.45) is 0 Å². The van der Waals surface area contributed by atoms with Crippen LogP contribution in [0.2, 0.25) is 0 Å². The third-order valence-corrected chi connectivity index (χ3v) is 4.96. The molecule has 4 rings (SSSR count). The summed E-state index contributed by atoms with van der Waals surface area (Å²) in [6, 6.07) is 11.5. The molecule has 0 radical (unpaired) electrons. The number of halogens is 1. The van der Waals surface area contributed by atoms with E-state index < -0.39 is 0 Å². The van der Waals surface area contributed by atoms with E-state index in [4.69, 9.17) is 11.0 Å². The first-order valence-electron chi connectivity index (χ1n) is 8.10. The van der Waals surface area contributed by atoms with Crippen LogP contribution in [0.3, 0.4) is 0 Å². The van der Waals surface area contributed by atoms with Gasteiger partial charge in [-0.2, -0.15) is 11.3 Å². The van der Waals surface area contributed by atoms with E-state index in [1.54, 1.807) is 18.2 Å². The van der Waals surface area contributed by atoms with Crippen LogP contribution in [0.25, 0.3) is 32.1 Å². The minimum Gasteiger partial charge on any atom is -0.415 e. The summed E-state index contributed by atoms with van der Waals surface area (Å²) in [7, 11) is 0. The summed E-state index contributed by atoms with van der Waals surface area (Å²) in [6.45, 7) is 9.15. The Bertz CT molecular complexity index is 1180. The molecule has 2 heterocycles. The van der Waals surface area contributed by atoms with Gasteiger partial charge in [-0.05, 0) is 48.7 Å². The first-order valence-corrected chi connectivity index (χ1v) is 8.98. The molecule has 0 saturated carbocycles. The zero-order valence-corrected chi connectivity index (χ0v) is 15.0. The summed E-state index contributed by atoms with van der Waals surface area (Å²) in [5.74, 6) is 0.321. The second kappa shape index (κ2) is 7.02. The van der Waals surface area contributed by atoms with Crippen molar-refractivity contribution < 1.29 is 8.81 Å². The van der Waals surface area contributed by atoms with Crippen molar-refractivity contribution in [3.05, 3.63) is 77.0 Å². The predicted molar refractivity (Wildman–Crippen MR) is 105 cm³/mol. The van der Waals surface area contributed by atoms with E-state index in [1.807, 2.05) is 30.5 Å². The van der Waals surface area contributed by atoms with Gasteiger partial charge < -0.3 is 9.73 Å². The van der Waals surface area contributed by atoms with Crippen LogP contribution in [0.1, 0.15) is 12.8 Å². The summed E-state index contributed by atoms with van der Waals surface area (Å²) in [4.78, 5) is 3.56. The number of nitrogens with zero attached hydrogens (tertiary/aromatic N) is 3. The topological polar surface area (TPSA) is 55.3 Å². The molecule has 0 bridgehead atoms. The Morgan fingerprint density at radius 2 is 2.00 bits per heavy atom. The van der Waals surface area contributed by atoms with Gasteiger partial charge in [0.25, 0.3) is 5.89 Å². The molecule has 2 aromatic carbocycles. The molecule has 0 amide bonds. The van der Waals surface area contributed by atoms with Crippen LogP contribution < -0.4 is 5.32 Å². The van der Waals surface area contributed by atoms with Gasteiger partial charge in [0, 0.05) is 21.3 Å². The van der Waals surface area contributed by atoms with Crippen LogP contribution in [-0.4, -0.2) is 10.2 Å². The van der Waals surface area contributed by atoms with Crippen LogP contribution in [0, 0.1) is 12.4 Å². The molecule has 0 unspecified atom stereocenters. The number of aromatic nitrogens is 2. The van der Waals surface area contributed by atoms with E-state index in [0.29, 0.717) is 28.7 Å². The molecule has 7 heteroatoms. The zero-order chi connectivity index (χ0) is 18.8. The average Bonchev–Trinajstić information content (AvgIpc) is 3.36. The molecular formula is C20H13FN4OS. The maximum Gasteiger partial charge on any atom is 0.264 e. The van der Waals surface area contributed by atoms with Crippen molar-refractivity contribution in [1.82, 2.24) is 10.2 Å². The first kappa shape index (κ1) is 16.9.